The number of hydrogen-bond acceptors (Lipinski definition) is 3. The van der Waals surface area contributed by atoms with Crippen LogP contribution in [0.3, 0.4) is 0 Å². The lowest BCUT2D eigenvalue weighted by Crippen LogP contribution is -2.32. The van der Waals surface area contributed by atoms with Crippen LogP contribution in [0.4, 0.5) is 0 Å². The zero-order chi connectivity index (χ0) is 16.4. The summed E-state index contributed by atoms with van der Waals surface area (Å²) in [5.74, 6) is 0.745. The first-order chi connectivity index (χ1) is 11.8. The first kappa shape index (κ1) is 15.4. The second-order valence-corrected chi connectivity index (χ2v) is 6.78. The summed E-state index contributed by atoms with van der Waals surface area (Å²) in [6, 6.07) is 10.3. The molecule has 2 aliphatic rings. The third-order valence-corrected chi connectivity index (χ3v) is 4.71. The van der Waals surface area contributed by atoms with Crippen LogP contribution in [0.1, 0.15) is 42.2 Å². The van der Waals surface area contributed by atoms with Crippen molar-refractivity contribution in [3.63, 3.8) is 0 Å². The maximum Gasteiger partial charge on any atom is 0.220 e. The highest BCUT2D eigenvalue weighted by Crippen LogP contribution is 2.32. The van der Waals surface area contributed by atoms with Crippen LogP contribution in [-0.4, -0.2) is 28.8 Å². The van der Waals surface area contributed by atoms with Crippen LogP contribution < -0.4 is 5.32 Å². The van der Waals surface area contributed by atoms with Gasteiger partial charge in [-0.15, -0.1) is 0 Å². The summed E-state index contributed by atoms with van der Waals surface area (Å²) >= 11 is 0. The fraction of sp³-hybridized carbons (Fsp3) is 0.474. The van der Waals surface area contributed by atoms with Gasteiger partial charge in [0, 0.05) is 19.2 Å². The second-order valence-electron chi connectivity index (χ2n) is 6.78. The molecular formula is C19H23N3O2. The summed E-state index contributed by atoms with van der Waals surface area (Å²) in [5, 5.41) is 7.73. The van der Waals surface area contributed by atoms with E-state index in [4.69, 9.17) is 9.84 Å². The van der Waals surface area contributed by atoms with E-state index in [0.717, 1.165) is 18.7 Å². The first-order valence-electron chi connectivity index (χ1n) is 8.76. The number of aromatic nitrogens is 2. The Kier molecular flexibility index (Phi) is 4.34. The molecule has 1 N–H and O–H groups in total. The third-order valence-electron chi connectivity index (χ3n) is 4.71. The Bertz CT molecular complexity index is 707. The van der Waals surface area contributed by atoms with E-state index in [0.29, 0.717) is 25.5 Å². The highest BCUT2D eigenvalue weighted by atomic mass is 16.5. The topological polar surface area (TPSA) is 56.1 Å². The minimum absolute atomic E-state index is 0.131. The van der Waals surface area contributed by atoms with Gasteiger partial charge in [0.15, 0.2) is 0 Å². The lowest BCUT2D eigenvalue weighted by atomic mass is 10.1. The molecule has 1 atom stereocenters. The molecule has 1 fully saturated rings. The van der Waals surface area contributed by atoms with Gasteiger partial charge in [-0.25, -0.2) is 0 Å². The smallest absolute Gasteiger partial charge is 0.220 e. The summed E-state index contributed by atoms with van der Waals surface area (Å²) in [5.41, 5.74) is 3.44. The Balaban J connectivity index is 1.41. The van der Waals surface area contributed by atoms with E-state index in [1.165, 1.54) is 24.0 Å². The molecule has 0 unspecified atom stereocenters. The number of carbonyl (C=O) groups is 1. The predicted molar refractivity (Wildman–Crippen MR) is 90.5 cm³/mol. The standard InChI is InChI=1S/C19H23N3O2/c23-18(10-14-6-7-14)20-11-17-19-16(8-9-24-17)13-22(21-19)12-15-4-2-1-3-5-15/h1-5,13-14,17H,6-12H2,(H,20,23)/t17-/m1/s1. The molecule has 0 saturated heterocycles. The van der Waals surface area contributed by atoms with E-state index in [9.17, 15) is 4.79 Å². The molecule has 1 amide bonds. The van der Waals surface area contributed by atoms with Crippen LogP contribution in [0.25, 0.3) is 0 Å². The van der Waals surface area contributed by atoms with Gasteiger partial charge < -0.3 is 10.1 Å². The molecule has 0 spiro atoms. The number of nitrogens with one attached hydrogen (secondary N) is 1. The molecule has 1 saturated carbocycles. The van der Waals surface area contributed by atoms with Crippen molar-refractivity contribution in [2.45, 2.75) is 38.3 Å². The molecule has 0 radical (unpaired) electrons. The number of fused-ring (bicyclic) bond motifs is 1. The van der Waals surface area contributed by atoms with Crippen molar-refractivity contribution >= 4 is 5.91 Å². The SMILES string of the molecule is O=C(CC1CC1)NC[C@H]1OCCc2cn(Cc3ccccc3)nc21. The minimum Gasteiger partial charge on any atom is -0.370 e. The zero-order valence-corrected chi connectivity index (χ0v) is 13.8. The lowest BCUT2D eigenvalue weighted by molar-refractivity contribution is -0.122. The highest BCUT2D eigenvalue weighted by molar-refractivity contribution is 5.76. The molecule has 1 aromatic carbocycles. The predicted octanol–water partition coefficient (Wildman–Crippen LogP) is 2.46. The molecule has 1 aliphatic carbocycles. The van der Waals surface area contributed by atoms with Crippen molar-refractivity contribution < 1.29 is 9.53 Å². The minimum atomic E-state index is -0.131. The Hall–Kier alpha value is -2.14. The monoisotopic (exact) mass is 325 g/mol. The van der Waals surface area contributed by atoms with E-state index >= 15 is 0 Å². The number of carbonyl (C=O) groups excluding carboxylic acids is 1. The third kappa shape index (κ3) is 3.67. The summed E-state index contributed by atoms with van der Waals surface area (Å²) in [7, 11) is 0. The fourth-order valence-corrected chi connectivity index (χ4v) is 3.20. The maximum atomic E-state index is 11.9. The van der Waals surface area contributed by atoms with Crippen LogP contribution >= 0.6 is 0 Å². The summed E-state index contributed by atoms with van der Waals surface area (Å²) in [4.78, 5) is 11.9. The van der Waals surface area contributed by atoms with Gasteiger partial charge in [0.2, 0.25) is 5.91 Å². The van der Waals surface area contributed by atoms with Crippen LogP contribution in [0.2, 0.25) is 0 Å². The fourth-order valence-electron chi connectivity index (χ4n) is 3.20. The van der Waals surface area contributed by atoms with E-state index in [1.807, 2.05) is 22.9 Å². The molecule has 1 aliphatic heterocycles. The van der Waals surface area contributed by atoms with E-state index < -0.39 is 0 Å². The van der Waals surface area contributed by atoms with Crippen molar-refractivity contribution in [3.05, 3.63) is 53.3 Å². The van der Waals surface area contributed by atoms with Gasteiger partial charge in [-0.05, 0) is 36.3 Å². The van der Waals surface area contributed by atoms with Gasteiger partial charge in [0.25, 0.3) is 0 Å². The number of hydrogen-bond donors (Lipinski definition) is 1. The average molecular weight is 325 g/mol. The van der Waals surface area contributed by atoms with Crippen LogP contribution in [0, 0.1) is 5.92 Å². The molecule has 1 aromatic heterocycles. The van der Waals surface area contributed by atoms with E-state index in [-0.39, 0.29) is 12.0 Å². The van der Waals surface area contributed by atoms with Crippen molar-refractivity contribution in [1.82, 2.24) is 15.1 Å². The Labute approximate surface area is 142 Å². The van der Waals surface area contributed by atoms with Crippen molar-refractivity contribution in [1.29, 1.82) is 0 Å². The lowest BCUT2D eigenvalue weighted by Gasteiger charge is -2.22. The summed E-state index contributed by atoms with van der Waals surface area (Å²) < 4.78 is 7.83. The molecular weight excluding hydrogens is 302 g/mol. The first-order valence-corrected chi connectivity index (χ1v) is 8.76. The van der Waals surface area contributed by atoms with Crippen LogP contribution in [-0.2, 0) is 22.5 Å². The molecule has 5 heteroatoms. The zero-order valence-electron chi connectivity index (χ0n) is 13.8. The van der Waals surface area contributed by atoms with Gasteiger partial charge in [-0.3, -0.25) is 9.48 Å². The van der Waals surface area contributed by atoms with Gasteiger partial charge in [-0.2, -0.15) is 5.10 Å². The van der Waals surface area contributed by atoms with Gasteiger partial charge in [-0.1, -0.05) is 30.3 Å². The Morgan fingerprint density at radius 2 is 2.12 bits per heavy atom. The average Bonchev–Trinajstić information content (AvgIpc) is 3.30. The van der Waals surface area contributed by atoms with Crippen molar-refractivity contribution in [2.24, 2.45) is 5.92 Å². The van der Waals surface area contributed by atoms with E-state index in [2.05, 4.69) is 23.6 Å². The number of ether oxygens (including phenoxy) is 1. The molecule has 5 nitrogen and oxygen atoms in total. The number of rotatable bonds is 6. The van der Waals surface area contributed by atoms with Crippen LogP contribution in [0.15, 0.2) is 36.5 Å². The van der Waals surface area contributed by atoms with Gasteiger partial charge >= 0.3 is 0 Å². The van der Waals surface area contributed by atoms with Crippen molar-refractivity contribution in [3.8, 4) is 0 Å². The molecule has 24 heavy (non-hydrogen) atoms. The molecule has 0 bridgehead atoms. The van der Waals surface area contributed by atoms with Crippen LogP contribution in [0.5, 0.6) is 0 Å². The van der Waals surface area contributed by atoms with E-state index in [1.54, 1.807) is 0 Å². The number of benzene rings is 1. The molecule has 2 aromatic rings. The number of amides is 1. The number of nitrogens with zero attached hydrogens (tertiary/aromatic N) is 2. The van der Waals surface area contributed by atoms with Gasteiger partial charge in [0.1, 0.15) is 6.10 Å². The van der Waals surface area contributed by atoms with Gasteiger partial charge in [0.05, 0.1) is 18.8 Å². The Morgan fingerprint density at radius 1 is 1.29 bits per heavy atom. The summed E-state index contributed by atoms with van der Waals surface area (Å²) in [6.07, 6.45) is 5.92. The highest BCUT2D eigenvalue weighted by Gasteiger charge is 2.27. The second kappa shape index (κ2) is 6.77. The quantitative estimate of drug-likeness (QED) is 0.887. The maximum absolute atomic E-state index is 11.9. The molecule has 126 valence electrons. The normalized spacial score (nSPS) is 19.8. The largest absolute Gasteiger partial charge is 0.370 e. The molecule has 4 rings (SSSR count). The Morgan fingerprint density at radius 3 is 2.92 bits per heavy atom. The summed E-state index contributed by atoms with van der Waals surface area (Å²) in [6.45, 7) is 1.96. The molecule has 2 heterocycles. The van der Waals surface area contributed by atoms with Crippen molar-refractivity contribution in [2.75, 3.05) is 13.2 Å².